The number of nitrogens with zero attached hydrogens (tertiary/aromatic N) is 2. The minimum Gasteiger partial charge on any atom is -0.496 e. The molecule has 3 rings (SSSR count). The molecule has 6 nitrogen and oxygen atoms in total. The molecule has 0 fully saturated rings. The summed E-state index contributed by atoms with van der Waals surface area (Å²) in [5, 5.41) is 10.5. The monoisotopic (exact) mass is 450 g/mol. The molecule has 0 saturated heterocycles. The van der Waals surface area contributed by atoms with E-state index in [9.17, 15) is 14.7 Å². The number of carboxylic acids is 1. The molecule has 176 valence electrons. The van der Waals surface area contributed by atoms with Crippen LogP contribution in [0.5, 0.6) is 5.75 Å². The smallest absolute Gasteiger partial charge is 0.335 e. The lowest BCUT2D eigenvalue weighted by Gasteiger charge is -2.16. The minimum absolute atomic E-state index is 0.0168. The van der Waals surface area contributed by atoms with Gasteiger partial charge in [-0.05, 0) is 60.2 Å². The van der Waals surface area contributed by atoms with Gasteiger partial charge in [0.25, 0.3) is 0 Å². The molecule has 33 heavy (non-hydrogen) atoms. The van der Waals surface area contributed by atoms with E-state index in [1.165, 1.54) is 22.0 Å². The Labute approximate surface area is 195 Å². The van der Waals surface area contributed by atoms with Gasteiger partial charge in [-0.3, -0.25) is 4.79 Å². The molecule has 6 heteroatoms. The number of carboxylic acid groups (broad SMARTS) is 1. The van der Waals surface area contributed by atoms with Crippen LogP contribution in [0.1, 0.15) is 53.7 Å². The highest BCUT2D eigenvalue weighted by Gasteiger charge is 2.17. The Morgan fingerprint density at radius 2 is 1.88 bits per heavy atom. The first kappa shape index (κ1) is 24.4. The molecule has 1 aromatic heterocycles. The van der Waals surface area contributed by atoms with Crippen LogP contribution in [0.25, 0.3) is 10.9 Å². The average molecular weight is 451 g/mol. The van der Waals surface area contributed by atoms with E-state index in [0.29, 0.717) is 12.2 Å². The molecule has 1 unspecified atom stereocenters. The van der Waals surface area contributed by atoms with Crippen LogP contribution >= 0.6 is 0 Å². The van der Waals surface area contributed by atoms with E-state index >= 15 is 0 Å². The number of carbonyl (C=O) groups excluding carboxylic acids is 1. The first-order chi connectivity index (χ1) is 15.7. The molecular formula is C27H34N2O4. The zero-order valence-corrected chi connectivity index (χ0v) is 20.2. The molecular weight excluding hydrogens is 416 g/mol. The fourth-order valence-corrected chi connectivity index (χ4v) is 4.32. The lowest BCUT2D eigenvalue weighted by molar-refractivity contribution is -0.132. The minimum atomic E-state index is -0.967. The number of hydrogen-bond donors (Lipinski definition) is 1. The molecule has 3 aromatic rings. The van der Waals surface area contributed by atoms with Crippen molar-refractivity contribution in [2.75, 3.05) is 21.2 Å². The van der Waals surface area contributed by atoms with Crippen molar-refractivity contribution in [3.8, 4) is 5.75 Å². The number of fused-ring (bicyclic) bond motifs is 1. The first-order valence-electron chi connectivity index (χ1n) is 11.5. The molecule has 2 aromatic carbocycles. The molecule has 0 aliphatic heterocycles. The molecule has 1 atom stereocenters. The van der Waals surface area contributed by atoms with E-state index in [1.54, 1.807) is 38.2 Å². The maximum Gasteiger partial charge on any atom is 0.335 e. The van der Waals surface area contributed by atoms with Gasteiger partial charge in [0.05, 0.1) is 12.7 Å². The van der Waals surface area contributed by atoms with E-state index in [-0.39, 0.29) is 17.4 Å². The Morgan fingerprint density at radius 1 is 1.12 bits per heavy atom. The summed E-state index contributed by atoms with van der Waals surface area (Å²) in [6.07, 6.45) is 5.52. The normalized spacial score (nSPS) is 12.0. The summed E-state index contributed by atoms with van der Waals surface area (Å²) >= 11 is 0. The molecule has 1 heterocycles. The summed E-state index contributed by atoms with van der Waals surface area (Å²) in [6, 6.07) is 11.6. The lowest BCUT2D eigenvalue weighted by atomic mass is 9.97. The highest BCUT2D eigenvalue weighted by atomic mass is 16.5. The van der Waals surface area contributed by atoms with Crippen LogP contribution in [-0.4, -0.2) is 47.7 Å². The van der Waals surface area contributed by atoms with Crippen molar-refractivity contribution in [1.82, 2.24) is 9.47 Å². The Morgan fingerprint density at radius 3 is 2.52 bits per heavy atom. The zero-order chi connectivity index (χ0) is 24.1. The molecule has 0 bridgehead atoms. The number of rotatable bonds is 10. The largest absolute Gasteiger partial charge is 0.496 e. The number of benzene rings is 2. The van der Waals surface area contributed by atoms with E-state index in [1.807, 2.05) is 13.0 Å². The number of amides is 1. The van der Waals surface area contributed by atoms with Crippen LogP contribution < -0.4 is 4.74 Å². The van der Waals surface area contributed by atoms with Gasteiger partial charge in [0, 0.05) is 50.1 Å². The van der Waals surface area contributed by atoms with Gasteiger partial charge in [-0.1, -0.05) is 26.0 Å². The van der Waals surface area contributed by atoms with E-state index in [4.69, 9.17) is 4.74 Å². The number of methoxy groups -OCH3 is 1. The summed E-state index contributed by atoms with van der Waals surface area (Å²) in [7, 11) is 5.16. The second kappa shape index (κ2) is 10.6. The number of aromatic carboxylic acids is 1. The fourth-order valence-electron chi connectivity index (χ4n) is 4.32. The molecule has 1 N–H and O–H groups in total. The van der Waals surface area contributed by atoms with E-state index in [2.05, 4.69) is 35.9 Å². The zero-order valence-electron chi connectivity index (χ0n) is 20.2. The predicted molar refractivity (Wildman–Crippen MR) is 131 cm³/mol. The van der Waals surface area contributed by atoms with Gasteiger partial charge in [0.1, 0.15) is 5.75 Å². The molecule has 0 saturated carbocycles. The average Bonchev–Trinajstić information content (AvgIpc) is 3.13. The molecule has 1 amide bonds. The van der Waals surface area contributed by atoms with Crippen molar-refractivity contribution < 1.29 is 19.4 Å². The van der Waals surface area contributed by atoms with Gasteiger partial charge in [-0.2, -0.15) is 0 Å². The summed E-state index contributed by atoms with van der Waals surface area (Å²) in [6.45, 7) is 5.08. The van der Waals surface area contributed by atoms with Crippen LogP contribution in [0.15, 0.2) is 42.6 Å². The van der Waals surface area contributed by atoms with Crippen LogP contribution in [0, 0.1) is 5.92 Å². The molecule has 0 aliphatic carbocycles. The molecule has 0 radical (unpaired) electrons. The van der Waals surface area contributed by atoms with Gasteiger partial charge < -0.3 is 19.3 Å². The Hall–Kier alpha value is -3.28. The summed E-state index contributed by atoms with van der Waals surface area (Å²) in [4.78, 5) is 25.2. The predicted octanol–water partition coefficient (Wildman–Crippen LogP) is 5.01. The summed E-state index contributed by atoms with van der Waals surface area (Å²) in [5.41, 5.74) is 4.75. The van der Waals surface area contributed by atoms with Gasteiger partial charge in [0.2, 0.25) is 5.91 Å². The summed E-state index contributed by atoms with van der Waals surface area (Å²) < 4.78 is 7.78. The Balaban J connectivity index is 1.93. The van der Waals surface area contributed by atoms with E-state index < -0.39 is 5.97 Å². The van der Waals surface area contributed by atoms with Crippen molar-refractivity contribution in [3.05, 3.63) is 64.8 Å². The number of ether oxygens (including phenoxy) is 1. The number of carbonyl (C=O) groups is 2. The SMILES string of the molecule is CCCn1cc(Cc2ccc(C(=O)O)cc2OC)c2cc(CCC(C)C(=O)N(C)C)ccc21. The second-order valence-corrected chi connectivity index (χ2v) is 8.88. The van der Waals surface area contributed by atoms with Gasteiger partial charge in [0.15, 0.2) is 0 Å². The van der Waals surface area contributed by atoms with Crippen molar-refractivity contribution in [3.63, 3.8) is 0 Å². The number of aromatic nitrogens is 1. The number of hydrogen-bond acceptors (Lipinski definition) is 3. The second-order valence-electron chi connectivity index (χ2n) is 8.88. The van der Waals surface area contributed by atoms with Crippen molar-refractivity contribution in [2.45, 2.75) is 46.1 Å². The van der Waals surface area contributed by atoms with Gasteiger partial charge >= 0.3 is 5.97 Å². The third kappa shape index (κ3) is 5.56. The Bertz CT molecular complexity index is 1150. The molecule has 0 spiro atoms. The standard InChI is InChI=1S/C27H34N2O4/c1-6-13-29-17-22(15-20-10-11-21(27(31)32)16-25(20)33-5)23-14-19(9-12-24(23)29)8-7-18(2)26(30)28(3)4/h9-12,14,16-18H,6-8,13,15H2,1-5H3,(H,31,32). The maximum absolute atomic E-state index is 12.2. The quantitative estimate of drug-likeness (QED) is 0.472. The maximum atomic E-state index is 12.2. The third-order valence-corrected chi connectivity index (χ3v) is 6.14. The van der Waals surface area contributed by atoms with Crippen LogP contribution in [0.4, 0.5) is 0 Å². The van der Waals surface area contributed by atoms with Crippen LogP contribution in [-0.2, 0) is 24.2 Å². The third-order valence-electron chi connectivity index (χ3n) is 6.14. The fraction of sp³-hybridized carbons (Fsp3) is 0.407. The molecule has 0 aliphatic rings. The number of aryl methyl sites for hydroxylation is 2. The lowest BCUT2D eigenvalue weighted by Crippen LogP contribution is -2.28. The van der Waals surface area contributed by atoms with Crippen LogP contribution in [0.2, 0.25) is 0 Å². The highest BCUT2D eigenvalue weighted by molar-refractivity contribution is 5.88. The van der Waals surface area contributed by atoms with Crippen molar-refractivity contribution >= 4 is 22.8 Å². The van der Waals surface area contributed by atoms with E-state index in [0.717, 1.165) is 31.4 Å². The van der Waals surface area contributed by atoms with Crippen molar-refractivity contribution in [2.24, 2.45) is 5.92 Å². The van der Waals surface area contributed by atoms with Gasteiger partial charge in [-0.15, -0.1) is 0 Å². The highest BCUT2D eigenvalue weighted by Crippen LogP contribution is 2.30. The summed E-state index contributed by atoms with van der Waals surface area (Å²) in [5.74, 6) is -0.246. The van der Waals surface area contributed by atoms with Crippen LogP contribution in [0.3, 0.4) is 0 Å². The van der Waals surface area contributed by atoms with Crippen molar-refractivity contribution in [1.29, 1.82) is 0 Å². The topological polar surface area (TPSA) is 71.8 Å². The first-order valence-corrected chi connectivity index (χ1v) is 11.5. The van der Waals surface area contributed by atoms with Gasteiger partial charge in [-0.25, -0.2) is 4.79 Å². The Kier molecular flexibility index (Phi) is 7.79.